The van der Waals surface area contributed by atoms with Crippen LogP contribution in [0, 0.1) is 0 Å². The van der Waals surface area contributed by atoms with Crippen LogP contribution in [0.1, 0.15) is 0 Å². The average Bonchev–Trinajstić information content (AvgIpc) is 2.63. The molecule has 0 aliphatic carbocycles. The predicted octanol–water partition coefficient (Wildman–Crippen LogP) is 0.408. The van der Waals surface area contributed by atoms with Gasteiger partial charge in [-0.25, -0.2) is 4.79 Å². The number of para-hydroxylation sites is 1. The van der Waals surface area contributed by atoms with Crippen LogP contribution in [0.2, 0.25) is 0 Å². The summed E-state index contributed by atoms with van der Waals surface area (Å²) in [6, 6.07) is 8.06. The SMILES string of the molecule is COC1=C(C(=O)O)N2C(=O)C(NC(=O)COc3ccccc3)[C@H]2SC1. The van der Waals surface area contributed by atoms with Crippen molar-refractivity contribution in [2.24, 2.45) is 0 Å². The number of fused-ring (bicyclic) bond motifs is 1. The average molecular weight is 364 g/mol. The molecule has 2 heterocycles. The fourth-order valence-electron chi connectivity index (χ4n) is 2.63. The van der Waals surface area contributed by atoms with E-state index in [1.165, 1.54) is 18.9 Å². The summed E-state index contributed by atoms with van der Waals surface area (Å²) >= 11 is 1.34. The summed E-state index contributed by atoms with van der Waals surface area (Å²) in [6.07, 6.45) is 0. The van der Waals surface area contributed by atoms with Crippen molar-refractivity contribution in [1.82, 2.24) is 10.2 Å². The molecule has 132 valence electrons. The summed E-state index contributed by atoms with van der Waals surface area (Å²) in [4.78, 5) is 36.8. The van der Waals surface area contributed by atoms with Gasteiger partial charge in [0.25, 0.3) is 11.8 Å². The van der Waals surface area contributed by atoms with Gasteiger partial charge in [-0.3, -0.25) is 14.5 Å². The van der Waals surface area contributed by atoms with Crippen LogP contribution in [0.4, 0.5) is 0 Å². The highest BCUT2D eigenvalue weighted by molar-refractivity contribution is 8.00. The first-order valence-corrected chi connectivity index (χ1v) is 8.50. The quantitative estimate of drug-likeness (QED) is 0.704. The first-order valence-electron chi connectivity index (χ1n) is 7.45. The molecule has 0 radical (unpaired) electrons. The second kappa shape index (κ2) is 7.06. The number of hydrogen-bond acceptors (Lipinski definition) is 6. The van der Waals surface area contributed by atoms with Crippen molar-refractivity contribution in [3.8, 4) is 5.75 Å². The smallest absolute Gasteiger partial charge is 0.356 e. The molecule has 1 aromatic carbocycles. The second-order valence-electron chi connectivity index (χ2n) is 5.34. The Morgan fingerprint density at radius 2 is 2.08 bits per heavy atom. The molecule has 2 amide bonds. The lowest BCUT2D eigenvalue weighted by Gasteiger charge is -2.48. The fourth-order valence-corrected chi connectivity index (χ4v) is 3.94. The molecule has 1 fully saturated rings. The number of nitrogens with zero attached hydrogens (tertiary/aromatic N) is 1. The van der Waals surface area contributed by atoms with Crippen LogP contribution in [0.15, 0.2) is 41.8 Å². The molecule has 0 spiro atoms. The van der Waals surface area contributed by atoms with Crippen LogP contribution in [0.3, 0.4) is 0 Å². The summed E-state index contributed by atoms with van der Waals surface area (Å²) in [7, 11) is 1.36. The number of methoxy groups -OCH3 is 1. The molecular weight excluding hydrogens is 348 g/mol. The maximum absolute atomic E-state index is 12.3. The van der Waals surface area contributed by atoms with Crippen LogP contribution < -0.4 is 10.1 Å². The molecule has 2 atom stereocenters. The number of β-lactam (4-membered cyclic amide) rings is 1. The first kappa shape index (κ1) is 17.2. The molecular formula is C16H16N2O6S. The van der Waals surface area contributed by atoms with Gasteiger partial charge in [0.15, 0.2) is 12.3 Å². The summed E-state index contributed by atoms with van der Waals surface area (Å²) in [6.45, 7) is -0.226. The van der Waals surface area contributed by atoms with Gasteiger partial charge in [0.05, 0.1) is 12.9 Å². The third-order valence-corrected chi connectivity index (χ3v) is 5.07. The van der Waals surface area contributed by atoms with Gasteiger partial charge in [-0.1, -0.05) is 18.2 Å². The molecule has 1 unspecified atom stereocenters. The van der Waals surface area contributed by atoms with E-state index in [1.807, 2.05) is 6.07 Å². The third-order valence-electron chi connectivity index (χ3n) is 3.81. The Morgan fingerprint density at radius 3 is 2.72 bits per heavy atom. The van der Waals surface area contributed by atoms with Gasteiger partial charge in [-0.15, -0.1) is 11.8 Å². The summed E-state index contributed by atoms with van der Waals surface area (Å²) in [5.41, 5.74) is -0.165. The zero-order valence-electron chi connectivity index (χ0n) is 13.3. The number of hydrogen-bond donors (Lipinski definition) is 2. The van der Waals surface area contributed by atoms with E-state index >= 15 is 0 Å². The van der Waals surface area contributed by atoms with Gasteiger partial charge in [-0.05, 0) is 12.1 Å². The molecule has 25 heavy (non-hydrogen) atoms. The van der Waals surface area contributed by atoms with Crippen LogP contribution in [0.5, 0.6) is 5.75 Å². The van der Waals surface area contributed by atoms with Gasteiger partial charge >= 0.3 is 5.97 Å². The van der Waals surface area contributed by atoms with Crippen molar-refractivity contribution >= 4 is 29.5 Å². The van der Waals surface area contributed by atoms with Crippen molar-refractivity contribution in [1.29, 1.82) is 0 Å². The Bertz CT molecular complexity index is 735. The maximum Gasteiger partial charge on any atom is 0.356 e. The summed E-state index contributed by atoms with van der Waals surface area (Å²) in [5.74, 6) is -1.04. The highest BCUT2D eigenvalue weighted by Crippen LogP contribution is 2.40. The lowest BCUT2D eigenvalue weighted by Crippen LogP contribution is -2.70. The van der Waals surface area contributed by atoms with Gasteiger partial charge in [0, 0.05) is 0 Å². The highest BCUT2D eigenvalue weighted by Gasteiger charge is 2.54. The largest absolute Gasteiger partial charge is 0.498 e. The highest BCUT2D eigenvalue weighted by atomic mass is 32.2. The fraction of sp³-hybridized carbons (Fsp3) is 0.312. The van der Waals surface area contributed by atoms with Crippen LogP contribution in [-0.4, -0.2) is 58.7 Å². The van der Waals surface area contributed by atoms with Crippen LogP contribution >= 0.6 is 11.8 Å². The topological polar surface area (TPSA) is 105 Å². The second-order valence-corrected chi connectivity index (χ2v) is 6.44. The minimum Gasteiger partial charge on any atom is -0.498 e. The Labute approximate surface area is 147 Å². The van der Waals surface area contributed by atoms with Crippen molar-refractivity contribution in [3.05, 3.63) is 41.8 Å². The third kappa shape index (κ3) is 3.27. The number of carboxylic acids is 1. The van der Waals surface area contributed by atoms with Crippen molar-refractivity contribution < 1.29 is 29.0 Å². The molecule has 2 aliphatic rings. The molecule has 1 aromatic rings. The number of rotatable bonds is 6. The van der Waals surface area contributed by atoms with Crippen molar-refractivity contribution in [3.63, 3.8) is 0 Å². The van der Waals surface area contributed by atoms with Gasteiger partial charge in [0.2, 0.25) is 0 Å². The summed E-state index contributed by atoms with van der Waals surface area (Å²) < 4.78 is 10.4. The van der Waals surface area contributed by atoms with E-state index in [1.54, 1.807) is 24.3 Å². The number of carboxylic acid groups (broad SMARTS) is 1. The van der Waals surface area contributed by atoms with E-state index in [0.717, 1.165) is 4.90 Å². The normalized spacial score (nSPS) is 22.0. The van der Waals surface area contributed by atoms with Crippen LogP contribution in [0.25, 0.3) is 0 Å². The number of benzene rings is 1. The minimum atomic E-state index is -1.23. The summed E-state index contributed by atoms with van der Waals surface area (Å²) in [5, 5.41) is 11.4. The number of carbonyl (C=O) groups is 3. The van der Waals surface area contributed by atoms with E-state index in [2.05, 4.69) is 5.32 Å². The number of amides is 2. The Kier molecular flexibility index (Phi) is 4.84. The van der Waals surface area contributed by atoms with E-state index in [-0.39, 0.29) is 18.1 Å². The van der Waals surface area contributed by atoms with Gasteiger partial charge < -0.3 is 19.9 Å². The van der Waals surface area contributed by atoms with E-state index in [4.69, 9.17) is 9.47 Å². The molecule has 3 rings (SSSR count). The molecule has 1 saturated heterocycles. The maximum atomic E-state index is 12.3. The monoisotopic (exact) mass is 364 g/mol. The molecule has 0 saturated carbocycles. The van der Waals surface area contributed by atoms with E-state index in [0.29, 0.717) is 11.5 Å². The molecule has 0 bridgehead atoms. The number of aliphatic carboxylic acids is 1. The van der Waals surface area contributed by atoms with E-state index < -0.39 is 29.2 Å². The van der Waals surface area contributed by atoms with Crippen LogP contribution in [-0.2, 0) is 19.1 Å². The molecule has 2 aliphatic heterocycles. The Morgan fingerprint density at radius 1 is 1.36 bits per heavy atom. The number of nitrogens with one attached hydrogen (secondary N) is 1. The van der Waals surface area contributed by atoms with Gasteiger partial charge in [0.1, 0.15) is 22.9 Å². The lowest BCUT2D eigenvalue weighted by atomic mass is 10.0. The molecule has 2 N–H and O–H groups in total. The zero-order chi connectivity index (χ0) is 18.0. The first-order chi connectivity index (χ1) is 12.0. The Balaban J connectivity index is 1.61. The zero-order valence-corrected chi connectivity index (χ0v) is 14.1. The van der Waals surface area contributed by atoms with E-state index in [9.17, 15) is 19.5 Å². The predicted molar refractivity (Wildman–Crippen MR) is 88.6 cm³/mol. The standard InChI is InChI=1S/C16H16N2O6S/c1-23-10-8-25-15-12(14(20)18(15)13(10)16(21)22)17-11(19)7-24-9-5-3-2-4-6-9/h2-6,12,15H,7-8H2,1H3,(H,17,19)(H,21,22)/t12?,15-/m1/s1. The Hall–Kier alpha value is -2.68. The minimum absolute atomic E-state index is 0.165. The number of carbonyl (C=O) groups excluding carboxylic acids is 2. The van der Waals surface area contributed by atoms with Gasteiger partial charge in [-0.2, -0.15) is 0 Å². The van der Waals surface area contributed by atoms with Crippen molar-refractivity contribution in [2.75, 3.05) is 19.5 Å². The number of ether oxygens (including phenoxy) is 2. The molecule has 8 nitrogen and oxygen atoms in total. The molecule has 0 aromatic heterocycles. The number of thioether (sulfide) groups is 1. The van der Waals surface area contributed by atoms with Crippen molar-refractivity contribution in [2.45, 2.75) is 11.4 Å². The lowest BCUT2D eigenvalue weighted by molar-refractivity contribution is -0.151. The molecule has 9 heteroatoms.